The Balaban J connectivity index is 2.52. The molecule has 2 unspecified atom stereocenters. The van der Waals surface area contributed by atoms with Crippen molar-refractivity contribution in [2.75, 3.05) is 6.61 Å². The number of rotatable bonds is 4. The maximum Gasteiger partial charge on any atom is 0.316 e. The smallest absolute Gasteiger partial charge is 0.316 e. The highest BCUT2D eigenvalue weighted by atomic mass is 16.5. The van der Waals surface area contributed by atoms with Crippen LogP contribution in [0.4, 0.5) is 0 Å². The Kier molecular flexibility index (Phi) is 3.82. The first-order valence-electron chi connectivity index (χ1n) is 5.06. The van der Waals surface area contributed by atoms with E-state index in [9.17, 15) is 14.4 Å². The van der Waals surface area contributed by atoms with Crippen LogP contribution in [0, 0.1) is 5.92 Å². The van der Waals surface area contributed by atoms with E-state index < -0.39 is 17.9 Å². The molecule has 0 radical (unpaired) electrons. The summed E-state index contributed by atoms with van der Waals surface area (Å²) in [5.41, 5.74) is 0. The topological polar surface area (TPSA) is 72.5 Å². The van der Waals surface area contributed by atoms with Crippen LogP contribution < -0.4 is 5.32 Å². The molecule has 0 saturated carbocycles. The summed E-state index contributed by atoms with van der Waals surface area (Å²) < 4.78 is 4.74. The molecule has 1 N–H and O–H groups in total. The van der Waals surface area contributed by atoms with Crippen LogP contribution in [0.3, 0.4) is 0 Å². The summed E-state index contributed by atoms with van der Waals surface area (Å²) in [6.07, 6.45) is 0.827. The average Bonchev–Trinajstić information content (AvgIpc) is 2.63. The van der Waals surface area contributed by atoms with Crippen LogP contribution in [0.2, 0.25) is 0 Å². The summed E-state index contributed by atoms with van der Waals surface area (Å²) in [7, 11) is 0. The second kappa shape index (κ2) is 4.91. The minimum Gasteiger partial charge on any atom is -0.465 e. The lowest BCUT2D eigenvalue weighted by Gasteiger charge is -2.13. The highest BCUT2D eigenvalue weighted by molar-refractivity contribution is 6.03. The first kappa shape index (κ1) is 11.7. The number of amides is 1. The molecule has 0 aromatic heterocycles. The van der Waals surface area contributed by atoms with Crippen LogP contribution in [-0.4, -0.2) is 30.3 Å². The molecule has 1 rings (SSSR count). The van der Waals surface area contributed by atoms with Crippen molar-refractivity contribution in [1.82, 2.24) is 5.32 Å². The Morgan fingerprint density at radius 2 is 2.27 bits per heavy atom. The fraction of sp³-hybridized carbons (Fsp3) is 0.700. The van der Waals surface area contributed by atoms with Crippen molar-refractivity contribution in [2.45, 2.75) is 32.7 Å². The summed E-state index contributed by atoms with van der Waals surface area (Å²) in [6.45, 7) is 3.45. The molecule has 5 nitrogen and oxygen atoms in total. The fourth-order valence-electron chi connectivity index (χ4n) is 1.51. The number of ether oxygens (including phenoxy) is 1. The molecule has 2 atom stereocenters. The summed E-state index contributed by atoms with van der Waals surface area (Å²) >= 11 is 0. The van der Waals surface area contributed by atoms with Gasteiger partial charge in [-0.3, -0.25) is 14.4 Å². The molecule has 0 bridgehead atoms. The van der Waals surface area contributed by atoms with Gasteiger partial charge in [-0.15, -0.1) is 0 Å². The lowest BCUT2D eigenvalue weighted by atomic mass is 9.99. The predicted octanol–water partition coefficient (Wildman–Crippen LogP) is 0.0333. The normalized spacial score (nSPS) is 22.0. The third kappa shape index (κ3) is 2.78. The molecule has 1 aliphatic heterocycles. The number of carbonyl (C=O) groups is 3. The van der Waals surface area contributed by atoms with Gasteiger partial charge in [-0.2, -0.15) is 0 Å². The van der Waals surface area contributed by atoms with E-state index in [0.717, 1.165) is 0 Å². The van der Waals surface area contributed by atoms with E-state index in [4.69, 9.17) is 4.74 Å². The molecule has 15 heavy (non-hydrogen) atoms. The molecule has 1 fully saturated rings. The van der Waals surface area contributed by atoms with E-state index in [1.807, 2.05) is 0 Å². The van der Waals surface area contributed by atoms with Gasteiger partial charge in [0.25, 0.3) is 0 Å². The van der Waals surface area contributed by atoms with Gasteiger partial charge in [-0.1, -0.05) is 0 Å². The Hall–Kier alpha value is -1.39. The van der Waals surface area contributed by atoms with Gasteiger partial charge < -0.3 is 10.1 Å². The molecule has 1 heterocycles. The first-order valence-corrected chi connectivity index (χ1v) is 5.06. The number of esters is 1. The molecule has 0 aliphatic carbocycles. The summed E-state index contributed by atoms with van der Waals surface area (Å²) in [5.74, 6) is -1.72. The zero-order valence-electron chi connectivity index (χ0n) is 8.91. The third-order valence-electron chi connectivity index (χ3n) is 2.41. The Morgan fingerprint density at radius 1 is 1.60 bits per heavy atom. The highest BCUT2D eigenvalue weighted by Gasteiger charge is 2.33. The van der Waals surface area contributed by atoms with E-state index in [1.54, 1.807) is 6.92 Å². The molecule has 0 aromatic rings. The van der Waals surface area contributed by atoms with Crippen molar-refractivity contribution in [3.05, 3.63) is 0 Å². The number of carbonyl (C=O) groups excluding carboxylic acids is 3. The Bertz CT molecular complexity index is 287. The number of hydrogen-bond acceptors (Lipinski definition) is 4. The van der Waals surface area contributed by atoms with Crippen LogP contribution in [0.25, 0.3) is 0 Å². The van der Waals surface area contributed by atoms with Gasteiger partial charge >= 0.3 is 5.97 Å². The van der Waals surface area contributed by atoms with Gasteiger partial charge in [-0.25, -0.2) is 0 Å². The van der Waals surface area contributed by atoms with Gasteiger partial charge in [-0.05, 0) is 20.3 Å². The van der Waals surface area contributed by atoms with Crippen LogP contribution >= 0.6 is 0 Å². The monoisotopic (exact) mass is 213 g/mol. The Morgan fingerprint density at radius 3 is 2.73 bits per heavy atom. The van der Waals surface area contributed by atoms with E-state index in [2.05, 4.69) is 5.32 Å². The largest absolute Gasteiger partial charge is 0.465 e. The van der Waals surface area contributed by atoms with E-state index in [1.165, 1.54) is 6.92 Å². The molecule has 1 aliphatic rings. The zero-order valence-corrected chi connectivity index (χ0v) is 8.91. The Labute approximate surface area is 88.2 Å². The SMILES string of the molecule is CCOC(=O)C(C)C(=O)C1CCC(=O)N1. The fourth-order valence-corrected chi connectivity index (χ4v) is 1.51. The summed E-state index contributed by atoms with van der Waals surface area (Å²) in [6, 6.07) is -0.517. The van der Waals surface area contributed by atoms with Crippen LogP contribution in [0.15, 0.2) is 0 Å². The molecule has 84 valence electrons. The molecule has 5 heteroatoms. The van der Waals surface area contributed by atoms with Crippen molar-refractivity contribution < 1.29 is 19.1 Å². The van der Waals surface area contributed by atoms with Gasteiger partial charge in [0.1, 0.15) is 5.92 Å². The number of nitrogens with one attached hydrogen (secondary N) is 1. The number of ketones is 1. The maximum atomic E-state index is 11.7. The van der Waals surface area contributed by atoms with E-state index >= 15 is 0 Å². The molecular weight excluding hydrogens is 198 g/mol. The number of hydrogen-bond donors (Lipinski definition) is 1. The maximum absolute atomic E-state index is 11.7. The van der Waals surface area contributed by atoms with Gasteiger partial charge in [0.05, 0.1) is 12.6 Å². The summed E-state index contributed by atoms with van der Waals surface area (Å²) in [4.78, 5) is 33.9. The van der Waals surface area contributed by atoms with Crippen molar-refractivity contribution in [2.24, 2.45) is 5.92 Å². The van der Waals surface area contributed by atoms with Crippen molar-refractivity contribution in [3.8, 4) is 0 Å². The average molecular weight is 213 g/mol. The van der Waals surface area contributed by atoms with Gasteiger partial charge in [0, 0.05) is 6.42 Å². The predicted molar refractivity (Wildman–Crippen MR) is 52.0 cm³/mol. The van der Waals surface area contributed by atoms with Crippen LogP contribution in [-0.2, 0) is 19.1 Å². The lowest BCUT2D eigenvalue weighted by Crippen LogP contribution is -2.39. The van der Waals surface area contributed by atoms with Crippen molar-refractivity contribution in [3.63, 3.8) is 0 Å². The highest BCUT2D eigenvalue weighted by Crippen LogP contribution is 2.13. The van der Waals surface area contributed by atoms with E-state index in [-0.39, 0.29) is 18.3 Å². The first-order chi connectivity index (χ1) is 7.06. The quantitative estimate of drug-likeness (QED) is 0.528. The summed E-state index contributed by atoms with van der Waals surface area (Å²) in [5, 5.41) is 2.54. The molecule has 1 amide bonds. The van der Waals surface area contributed by atoms with E-state index in [0.29, 0.717) is 12.8 Å². The molecule has 1 saturated heterocycles. The molecule has 0 spiro atoms. The zero-order chi connectivity index (χ0) is 11.4. The number of Topliss-reactive ketones (excluding diaryl/α,β-unsaturated/α-hetero) is 1. The van der Waals surface area contributed by atoms with Gasteiger partial charge in [0.15, 0.2) is 5.78 Å². The minimum absolute atomic E-state index is 0.135. The third-order valence-corrected chi connectivity index (χ3v) is 2.41. The van der Waals surface area contributed by atoms with Gasteiger partial charge in [0.2, 0.25) is 5.91 Å². The standard InChI is InChI=1S/C10H15NO4/c1-3-15-10(14)6(2)9(13)7-4-5-8(12)11-7/h6-7H,3-5H2,1-2H3,(H,11,12). The van der Waals surface area contributed by atoms with Crippen LogP contribution in [0.1, 0.15) is 26.7 Å². The van der Waals surface area contributed by atoms with Crippen molar-refractivity contribution in [1.29, 1.82) is 0 Å². The second-order valence-corrected chi connectivity index (χ2v) is 3.53. The second-order valence-electron chi connectivity index (χ2n) is 3.53. The minimum atomic E-state index is -0.798. The lowest BCUT2D eigenvalue weighted by molar-refractivity contribution is -0.151. The molecule has 0 aromatic carbocycles. The van der Waals surface area contributed by atoms with Crippen LogP contribution in [0.5, 0.6) is 0 Å². The van der Waals surface area contributed by atoms with Crippen molar-refractivity contribution >= 4 is 17.7 Å². The molecular formula is C10H15NO4.